The second-order valence-electron chi connectivity index (χ2n) is 8.55. The molecule has 0 aliphatic heterocycles. The number of nitroso groups, excluding NO2 is 1. The van der Waals surface area contributed by atoms with Crippen molar-refractivity contribution < 1.29 is 9.47 Å². The average Bonchev–Trinajstić information content (AvgIpc) is 2.77. The first-order valence-electron chi connectivity index (χ1n) is 10.8. The largest absolute Gasteiger partial charge is 0.491 e. The zero-order valence-electron chi connectivity index (χ0n) is 18.3. The fourth-order valence-corrected chi connectivity index (χ4v) is 4.47. The van der Waals surface area contributed by atoms with Crippen LogP contribution in [0.4, 0.5) is 0 Å². The lowest BCUT2D eigenvalue weighted by Gasteiger charge is -2.34. The summed E-state index contributed by atoms with van der Waals surface area (Å²) in [5.41, 5.74) is 4.56. The SMILES string of the molecule is CC1C/C(=C(/c2ccccc2)c2ccc(OCCOCCN=O)cc2)CC(C)(C#N)C1. The number of rotatable bonds is 9. The Balaban J connectivity index is 1.83. The van der Waals surface area contributed by atoms with Crippen LogP contribution in [-0.4, -0.2) is 26.4 Å². The lowest BCUT2D eigenvalue weighted by atomic mass is 9.68. The third-order valence-corrected chi connectivity index (χ3v) is 5.65. The number of ether oxygens (including phenoxy) is 2. The van der Waals surface area contributed by atoms with Crippen LogP contribution in [0.25, 0.3) is 5.57 Å². The molecule has 2 aromatic carbocycles. The molecule has 2 unspecified atom stereocenters. The summed E-state index contributed by atoms with van der Waals surface area (Å²) < 4.78 is 11.0. The first kappa shape index (κ1) is 22.7. The summed E-state index contributed by atoms with van der Waals surface area (Å²) in [4.78, 5) is 10.1. The van der Waals surface area contributed by atoms with Crippen molar-refractivity contribution in [2.75, 3.05) is 26.4 Å². The van der Waals surface area contributed by atoms with Crippen LogP contribution in [0.1, 0.15) is 44.2 Å². The molecular weight excluding hydrogens is 388 g/mol. The molecule has 0 N–H and O–H groups in total. The molecule has 0 bridgehead atoms. The van der Waals surface area contributed by atoms with Gasteiger partial charge in [-0.25, -0.2) is 0 Å². The highest BCUT2D eigenvalue weighted by atomic mass is 16.5. The highest BCUT2D eigenvalue weighted by Gasteiger charge is 2.34. The van der Waals surface area contributed by atoms with Crippen molar-refractivity contribution in [2.24, 2.45) is 16.5 Å². The Morgan fingerprint density at radius 3 is 2.48 bits per heavy atom. The van der Waals surface area contributed by atoms with Gasteiger partial charge in [-0.15, -0.1) is 0 Å². The maximum Gasteiger partial charge on any atom is 0.119 e. The van der Waals surface area contributed by atoms with Crippen molar-refractivity contribution in [3.63, 3.8) is 0 Å². The normalized spacial score (nSPS) is 22.4. The monoisotopic (exact) mass is 418 g/mol. The minimum atomic E-state index is -0.324. The van der Waals surface area contributed by atoms with Crippen molar-refractivity contribution in [1.82, 2.24) is 0 Å². The van der Waals surface area contributed by atoms with Gasteiger partial charge in [0.2, 0.25) is 0 Å². The molecule has 0 saturated heterocycles. The van der Waals surface area contributed by atoms with Crippen LogP contribution in [0, 0.1) is 27.6 Å². The topological polar surface area (TPSA) is 71.7 Å². The summed E-state index contributed by atoms with van der Waals surface area (Å²) in [6.07, 6.45) is 2.74. The van der Waals surface area contributed by atoms with Gasteiger partial charge in [0, 0.05) is 0 Å². The Bertz CT molecular complexity index is 931. The van der Waals surface area contributed by atoms with E-state index >= 15 is 0 Å². The van der Waals surface area contributed by atoms with Gasteiger partial charge in [-0.2, -0.15) is 10.2 Å². The summed E-state index contributed by atoms with van der Waals surface area (Å²) in [5.74, 6) is 1.25. The van der Waals surface area contributed by atoms with E-state index in [-0.39, 0.29) is 12.0 Å². The van der Waals surface area contributed by atoms with E-state index in [4.69, 9.17) is 9.47 Å². The van der Waals surface area contributed by atoms with Crippen molar-refractivity contribution >= 4 is 5.57 Å². The van der Waals surface area contributed by atoms with Gasteiger partial charge in [-0.1, -0.05) is 60.1 Å². The minimum Gasteiger partial charge on any atom is -0.491 e. The third kappa shape index (κ3) is 6.26. The van der Waals surface area contributed by atoms with Crippen molar-refractivity contribution in [3.8, 4) is 11.8 Å². The third-order valence-electron chi connectivity index (χ3n) is 5.65. The molecule has 1 saturated carbocycles. The van der Waals surface area contributed by atoms with Gasteiger partial charge < -0.3 is 9.47 Å². The van der Waals surface area contributed by atoms with Gasteiger partial charge in [-0.3, -0.25) is 0 Å². The second kappa shape index (κ2) is 10.9. The smallest absolute Gasteiger partial charge is 0.119 e. The number of allylic oxidation sites excluding steroid dienone is 1. The van der Waals surface area contributed by atoms with Gasteiger partial charge in [0.05, 0.1) is 24.7 Å². The summed E-state index contributed by atoms with van der Waals surface area (Å²) in [6, 6.07) is 21.1. The number of hydrogen-bond donors (Lipinski definition) is 0. The van der Waals surface area contributed by atoms with E-state index < -0.39 is 0 Å². The molecule has 5 nitrogen and oxygen atoms in total. The highest BCUT2D eigenvalue weighted by Crippen LogP contribution is 2.45. The predicted octanol–water partition coefficient (Wildman–Crippen LogP) is 6.00. The highest BCUT2D eigenvalue weighted by molar-refractivity contribution is 5.82. The van der Waals surface area contributed by atoms with E-state index in [0.29, 0.717) is 25.7 Å². The maximum absolute atomic E-state index is 10.1. The maximum atomic E-state index is 10.1. The van der Waals surface area contributed by atoms with Crippen LogP contribution in [-0.2, 0) is 4.74 Å². The lowest BCUT2D eigenvalue weighted by Crippen LogP contribution is -2.25. The molecule has 1 fully saturated rings. The molecule has 162 valence electrons. The van der Waals surface area contributed by atoms with Crippen LogP contribution < -0.4 is 4.74 Å². The van der Waals surface area contributed by atoms with Gasteiger partial charge >= 0.3 is 0 Å². The van der Waals surface area contributed by atoms with E-state index in [2.05, 4.69) is 61.5 Å². The molecule has 0 radical (unpaired) electrons. The molecular formula is C26H30N2O3. The van der Waals surface area contributed by atoms with E-state index in [1.54, 1.807) is 0 Å². The summed E-state index contributed by atoms with van der Waals surface area (Å²) >= 11 is 0. The zero-order chi connectivity index (χ0) is 22.1. The molecule has 1 aliphatic carbocycles. The molecule has 0 aromatic heterocycles. The molecule has 3 rings (SSSR count). The molecule has 0 heterocycles. The fraction of sp³-hybridized carbons (Fsp3) is 0.423. The molecule has 5 heteroatoms. The minimum absolute atomic E-state index is 0.162. The van der Waals surface area contributed by atoms with Crippen LogP contribution >= 0.6 is 0 Å². The van der Waals surface area contributed by atoms with Crippen LogP contribution in [0.3, 0.4) is 0 Å². The van der Waals surface area contributed by atoms with Crippen molar-refractivity contribution in [1.29, 1.82) is 5.26 Å². The quantitative estimate of drug-likeness (QED) is 0.370. The molecule has 0 amide bonds. The summed E-state index contributed by atoms with van der Waals surface area (Å²) in [7, 11) is 0. The summed E-state index contributed by atoms with van der Waals surface area (Å²) in [6.45, 7) is 5.63. The standard InChI is InChI=1S/C26H30N2O3/c1-20-16-23(18-26(2,17-20)19-27)25(21-6-4-3-5-7-21)22-8-10-24(11-9-22)31-15-14-30-13-12-28-29/h3-11,20H,12-18H2,1-2H3/b25-23+. The Kier molecular flexibility index (Phi) is 7.97. The van der Waals surface area contributed by atoms with Crippen molar-refractivity contribution in [2.45, 2.75) is 33.1 Å². The zero-order valence-corrected chi connectivity index (χ0v) is 18.3. The van der Waals surface area contributed by atoms with E-state index in [0.717, 1.165) is 30.6 Å². The fourth-order valence-electron chi connectivity index (χ4n) is 4.47. The summed E-state index contributed by atoms with van der Waals surface area (Å²) in [5, 5.41) is 12.5. The molecule has 2 atom stereocenters. The van der Waals surface area contributed by atoms with Crippen LogP contribution in [0.15, 0.2) is 65.3 Å². The van der Waals surface area contributed by atoms with Gasteiger partial charge in [-0.05, 0) is 60.9 Å². The number of nitriles is 1. The van der Waals surface area contributed by atoms with E-state index in [9.17, 15) is 10.2 Å². The van der Waals surface area contributed by atoms with Gasteiger partial charge in [0.1, 0.15) is 18.9 Å². The molecule has 31 heavy (non-hydrogen) atoms. The second-order valence-corrected chi connectivity index (χ2v) is 8.55. The average molecular weight is 419 g/mol. The van der Waals surface area contributed by atoms with E-state index in [1.807, 2.05) is 18.2 Å². The lowest BCUT2D eigenvalue weighted by molar-refractivity contribution is 0.106. The Hall–Kier alpha value is -2.97. The first-order chi connectivity index (χ1) is 15.0. The first-order valence-corrected chi connectivity index (χ1v) is 10.8. The van der Waals surface area contributed by atoms with E-state index in [1.165, 1.54) is 16.7 Å². The number of hydrogen-bond acceptors (Lipinski definition) is 5. The molecule has 1 aliphatic rings. The molecule has 0 spiro atoms. The number of nitrogens with zero attached hydrogens (tertiary/aromatic N) is 2. The van der Waals surface area contributed by atoms with Crippen LogP contribution in [0.5, 0.6) is 5.75 Å². The Morgan fingerprint density at radius 1 is 1.10 bits per heavy atom. The van der Waals surface area contributed by atoms with Gasteiger partial charge in [0.25, 0.3) is 0 Å². The van der Waals surface area contributed by atoms with Gasteiger partial charge in [0.15, 0.2) is 0 Å². The van der Waals surface area contributed by atoms with Crippen molar-refractivity contribution in [3.05, 3.63) is 76.2 Å². The predicted molar refractivity (Wildman–Crippen MR) is 123 cm³/mol. The Labute approximate surface area is 184 Å². The molecule has 2 aromatic rings. The van der Waals surface area contributed by atoms with Crippen LogP contribution in [0.2, 0.25) is 0 Å². The Morgan fingerprint density at radius 2 is 1.81 bits per heavy atom. The number of benzene rings is 2.